The average Bonchev–Trinajstić information content (AvgIpc) is 2.76. The van der Waals surface area contributed by atoms with Crippen LogP contribution in [0.2, 0.25) is 0 Å². The molecule has 0 amide bonds. The summed E-state index contributed by atoms with van der Waals surface area (Å²) >= 11 is -0.274. The van der Waals surface area contributed by atoms with E-state index >= 15 is 0 Å². The normalized spacial score (nSPS) is 11.4. The van der Waals surface area contributed by atoms with Gasteiger partial charge in [0.05, 0.1) is 0 Å². The van der Waals surface area contributed by atoms with Crippen LogP contribution in [0.25, 0.3) is 21.1 Å². The monoisotopic (exact) mass is 366 g/mol. The summed E-state index contributed by atoms with van der Waals surface area (Å²) in [5.41, 5.74) is 2.46. The standard InChI is InChI=1S/C16H13NOTe/c1-17-14-4-2-3-5-15(14)19-16(17)11-8-12-6-9-13(18)10-7-12/h2-11H,1H3/p+1. The molecule has 1 aromatic heterocycles. The first-order valence-electron chi connectivity index (χ1n) is 6.09. The van der Waals surface area contributed by atoms with Crippen LogP contribution in [0.3, 0.4) is 0 Å². The summed E-state index contributed by atoms with van der Waals surface area (Å²) in [6.07, 6.45) is 4.32. The van der Waals surface area contributed by atoms with E-state index in [1.54, 1.807) is 12.1 Å². The number of hydrogen-bond acceptors (Lipinski definition) is 1. The fourth-order valence-electron chi connectivity index (χ4n) is 2.02. The zero-order valence-electron chi connectivity index (χ0n) is 10.6. The second kappa shape index (κ2) is 5.20. The van der Waals surface area contributed by atoms with Gasteiger partial charge < -0.3 is 0 Å². The van der Waals surface area contributed by atoms with Gasteiger partial charge in [-0.05, 0) is 0 Å². The average molecular weight is 364 g/mol. The molecule has 0 aliphatic heterocycles. The third-order valence-corrected chi connectivity index (χ3v) is 6.46. The van der Waals surface area contributed by atoms with Gasteiger partial charge in [0.25, 0.3) is 0 Å². The van der Waals surface area contributed by atoms with E-state index in [-0.39, 0.29) is 20.4 Å². The van der Waals surface area contributed by atoms with Crippen LogP contribution in [0.15, 0.2) is 48.5 Å². The molecule has 2 nitrogen and oxygen atoms in total. The minimum atomic E-state index is -0.274. The number of fused-ring (bicyclic) bond motifs is 1. The summed E-state index contributed by atoms with van der Waals surface area (Å²) < 4.78 is 5.20. The number of para-hydroxylation sites is 1. The number of rotatable bonds is 2. The third-order valence-electron chi connectivity index (χ3n) is 3.08. The van der Waals surface area contributed by atoms with E-state index in [4.69, 9.17) is 0 Å². The summed E-state index contributed by atoms with van der Waals surface area (Å²) in [5.74, 6) is 0.309. The molecular formula is C16H14NOTe+. The second-order valence-electron chi connectivity index (χ2n) is 4.39. The van der Waals surface area contributed by atoms with Gasteiger partial charge in [-0.2, -0.15) is 0 Å². The third kappa shape index (κ3) is 2.58. The molecule has 0 radical (unpaired) electrons. The van der Waals surface area contributed by atoms with Crippen LogP contribution in [0.5, 0.6) is 5.75 Å². The van der Waals surface area contributed by atoms with Crippen molar-refractivity contribution < 1.29 is 9.67 Å². The molecule has 0 bridgehead atoms. The van der Waals surface area contributed by atoms with E-state index in [1.165, 1.54) is 12.6 Å². The van der Waals surface area contributed by atoms with Gasteiger partial charge in [-0.3, -0.25) is 0 Å². The zero-order valence-corrected chi connectivity index (χ0v) is 12.9. The maximum absolute atomic E-state index is 9.27. The number of aryl methyl sites for hydroxylation is 1. The Morgan fingerprint density at radius 3 is 2.47 bits per heavy atom. The second-order valence-corrected chi connectivity index (χ2v) is 7.42. The Labute approximate surface area is 121 Å². The van der Waals surface area contributed by atoms with Gasteiger partial charge in [0.2, 0.25) is 0 Å². The Hall–Kier alpha value is -1.56. The Morgan fingerprint density at radius 2 is 1.74 bits per heavy atom. The number of aromatic hydroxyl groups is 1. The van der Waals surface area contributed by atoms with Crippen LogP contribution in [0, 0.1) is 0 Å². The number of nitrogens with zero attached hydrogens (tertiary/aromatic N) is 1. The SMILES string of the molecule is C[n+]1c(/C=C/c2ccc(O)cc2)[te]c2ccccc21. The van der Waals surface area contributed by atoms with E-state index < -0.39 is 0 Å². The molecule has 0 atom stereocenters. The van der Waals surface area contributed by atoms with Crippen LogP contribution < -0.4 is 4.57 Å². The number of phenols is 1. The molecule has 0 saturated carbocycles. The van der Waals surface area contributed by atoms with Gasteiger partial charge in [-0.15, -0.1) is 0 Å². The van der Waals surface area contributed by atoms with Crippen molar-refractivity contribution in [2.24, 2.45) is 7.05 Å². The van der Waals surface area contributed by atoms with Crippen molar-refractivity contribution in [2.45, 2.75) is 0 Å². The molecule has 3 heteroatoms. The predicted octanol–water partition coefficient (Wildman–Crippen LogP) is 2.60. The first kappa shape index (κ1) is 12.5. The molecule has 0 aliphatic rings. The number of benzene rings is 2. The van der Waals surface area contributed by atoms with Crippen LogP contribution in [-0.2, 0) is 7.05 Å². The molecule has 2 aromatic carbocycles. The number of aromatic nitrogens is 1. The molecule has 0 saturated heterocycles. The van der Waals surface area contributed by atoms with Gasteiger partial charge >= 0.3 is 122 Å². The summed E-state index contributed by atoms with van der Waals surface area (Å²) in [6, 6.07) is 15.9. The van der Waals surface area contributed by atoms with Crippen molar-refractivity contribution in [3.8, 4) is 5.75 Å². The Bertz CT molecular complexity index is 741. The molecule has 3 aromatic rings. The van der Waals surface area contributed by atoms with Crippen molar-refractivity contribution in [1.29, 1.82) is 0 Å². The summed E-state index contributed by atoms with van der Waals surface area (Å²) in [6.45, 7) is 0. The molecular weight excluding hydrogens is 350 g/mol. The van der Waals surface area contributed by atoms with Gasteiger partial charge in [0.1, 0.15) is 0 Å². The molecule has 0 aliphatic carbocycles. The van der Waals surface area contributed by atoms with Crippen molar-refractivity contribution in [2.75, 3.05) is 0 Å². The topological polar surface area (TPSA) is 24.1 Å². The van der Waals surface area contributed by atoms with Gasteiger partial charge in [-0.1, -0.05) is 0 Å². The fourth-order valence-corrected chi connectivity index (χ4v) is 5.02. The van der Waals surface area contributed by atoms with E-state index in [2.05, 4.69) is 48.0 Å². The molecule has 0 fully saturated rings. The fraction of sp³-hybridized carbons (Fsp3) is 0.0625. The molecule has 19 heavy (non-hydrogen) atoms. The molecule has 0 unspecified atom stereocenters. The molecule has 1 heterocycles. The van der Waals surface area contributed by atoms with Gasteiger partial charge in [-0.25, -0.2) is 0 Å². The number of hydrogen-bond donors (Lipinski definition) is 1. The predicted molar refractivity (Wildman–Crippen MR) is 79.1 cm³/mol. The molecule has 94 valence electrons. The van der Waals surface area contributed by atoms with Gasteiger partial charge in [0.15, 0.2) is 0 Å². The number of phenolic OH excluding ortho intramolecular Hbond substituents is 1. The first-order valence-corrected chi connectivity index (χ1v) is 8.42. The van der Waals surface area contributed by atoms with Crippen molar-refractivity contribution in [3.05, 3.63) is 57.8 Å². The van der Waals surface area contributed by atoms with Crippen molar-refractivity contribution in [1.82, 2.24) is 0 Å². The summed E-state index contributed by atoms with van der Waals surface area (Å²) in [4.78, 5) is 0. The van der Waals surface area contributed by atoms with Crippen LogP contribution >= 0.6 is 0 Å². The Morgan fingerprint density at radius 1 is 1.00 bits per heavy atom. The van der Waals surface area contributed by atoms with Crippen LogP contribution in [0.4, 0.5) is 0 Å². The molecule has 3 rings (SSSR count). The maximum atomic E-state index is 9.27. The van der Waals surface area contributed by atoms with Crippen LogP contribution in [-0.4, -0.2) is 25.5 Å². The Balaban J connectivity index is 1.97. The van der Waals surface area contributed by atoms with E-state index in [0.29, 0.717) is 5.75 Å². The van der Waals surface area contributed by atoms with Gasteiger partial charge in [0, 0.05) is 0 Å². The minimum absolute atomic E-state index is 0.274. The quantitative estimate of drug-likeness (QED) is 0.549. The van der Waals surface area contributed by atoms with E-state index in [1.807, 2.05) is 12.1 Å². The van der Waals surface area contributed by atoms with E-state index in [9.17, 15) is 5.11 Å². The molecule has 0 spiro atoms. The summed E-state index contributed by atoms with van der Waals surface area (Å²) in [5, 5.41) is 9.27. The zero-order chi connectivity index (χ0) is 13.2. The first-order chi connectivity index (χ1) is 9.24. The summed E-state index contributed by atoms with van der Waals surface area (Å²) in [7, 11) is 2.13. The molecule has 1 N–H and O–H groups in total. The van der Waals surface area contributed by atoms with Crippen molar-refractivity contribution in [3.63, 3.8) is 0 Å². The van der Waals surface area contributed by atoms with Crippen molar-refractivity contribution >= 4 is 41.5 Å². The Kier molecular flexibility index (Phi) is 3.42. The van der Waals surface area contributed by atoms with Crippen LogP contribution in [0.1, 0.15) is 9.27 Å². The van der Waals surface area contributed by atoms with E-state index in [0.717, 1.165) is 5.56 Å².